The van der Waals surface area contributed by atoms with Gasteiger partial charge in [-0.05, 0) is 37.7 Å². The minimum Gasteiger partial charge on any atom is -0.352 e. The summed E-state index contributed by atoms with van der Waals surface area (Å²) in [6, 6.07) is 0. The Bertz CT molecular complexity index is 808. The molecule has 0 saturated carbocycles. The molecule has 0 bridgehead atoms. The molecule has 6 heteroatoms. The summed E-state index contributed by atoms with van der Waals surface area (Å²) in [5.41, 5.74) is 1.51. The van der Waals surface area contributed by atoms with E-state index in [4.69, 9.17) is 9.97 Å². The van der Waals surface area contributed by atoms with E-state index in [0.29, 0.717) is 0 Å². The van der Waals surface area contributed by atoms with Crippen molar-refractivity contribution < 1.29 is 4.79 Å². The fourth-order valence-electron chi connectivity index (χ4n) is 4.16. The molecule has 4 rings (SSSR count). The van der Waals surface area contributed by atoms with Gasteiger partial charge in [-0.3, -0.25) is 4.79 Å². The fourth-order valence-corrected chi connectivity index (χ4v) is 5.43. The highest BCUT2D eigenvalue weighted by molar-refractivity contribution is 7.19. The number of amides is 1. The van der Waals surface area contributed by atoms with E-state index in [2.05, 4.69) is 11.8 Å². The molecule has 5 nitrogen and oxygen atoms in total. The smallest absolute Gasteiger partial charge is 0.219 e. The lowest BCUT2D eigenvalue weighted by atomic mass is 10.1. The highest BCUT2D eigenvalue weighted by Crippen LogP contribution is 2.39. The van der Waals surface area contributed by atoms with Crippen LogP contribution in [0.25, 0.3) is 10.2 Å². The second-order valence-corrected chi connectivity index (χ2v) is 8.53. The largest absolute Gasteiger partial charge is 0.352 e. The Morgan fingerprint density at radius 2 is 1.85 bits per heavy atom. The lowest BCUT2D eigenvalue weighted by Crippen LogP contribution is -2.48. The zero-order chi connectivity index (χ0) is 18.1. The van der Waals surface area contributed by atoms with E-state index in [0.717, 1.165) is 57.1 Å². The third-order valence-electron chi connectivity index (χ3n) is 5.59. The molecule has 3 heterocycles. The van der Waals surface area contributed by atoms with Crippen LogP contribution in [0.1, 0.15) is 55.8 Å². The number of piperazine rings is 1. The summed E-state index contributed by atoms with van der Waals surface area (Å²) in [4.78, 5) is 28.6. The average Bonchev–Trinajstić information content (AvgIpc) is 2.82. The van der Waals surface area contributed by atoms with Crippen molar-refractivity contribution in [3.63, 3.8) is 0 Å². The maximum atomic E-state index is 11.7. The van der Waals surface area contributed by atoms with Crippen LogP contribution in [-0.2, 0) is 24.1 Å². The van der Waals surface area contributed by atoms with Gasteiger partial charge in [0.25, 0.3) is 0 Å². The van der Waals surface area contributed by atoms with Crippen molar-refractivity contribution in [1.82, 2.24) is 14.9 Å². The topological polar surface area (TPSA) is 49.3 Å². The molecule has 1 saturated heterocycles. The SMILES string of the molecule is CCCc1nc(N2CCN(C(C)=O)CC2)c2c3c(sc2n1)CCCCC3. The van der Waals surface area contributed by atoms with Crippen LogP contribution < -0.4 is 4.90 Å². The number of hydrogen-bond acceptors (Lipinski definition) is 5. The molecule has 0 unspecified atom stereocenters. The number of fused-ring (bicyclic) bond motifs is 3. The van der Waals surface area contributed by atoms with Gasteiger partial charge >= 0.3 is 0 Å². The molecule has 0 spiro atoms. The Morgan fingerprint density at radius 3 is 2.58 bits per heavy atom. The van der Waals surface area contributed by atoms with Gasteiger partial charge in [0.05, 0.1) is 5.39 Å². The highest BCUT2D eigenvalue weighted by atomic mass is 32.1. The fraction of sp³-hybridized carbons (Fsp3) is 0.650. The minimum absolute atomic E-state index is 0.175. The monoisotopic (exact) mass is 372 g/mol. The van der Waals surface area contributed by atoms with Crippen molar-refractivity contribution in [1.29, 1.82) is 0 Å². The molecule has 0 N–H and O–H groups in total. The predicted octanol–water partition coefficient (Wildman–Crippen LogP) is 3.58. The van der Waals surface area contributed by atoms with Crippen molar-refractivity contribution in [3.05, 3.63) is 16.3 Å². The van der Waals surface area contributed by atoms with E-state index in [1.807, 2.05) is 16.2 Å². The molecule has 1 fully saturated rings. The van der Waals surface area contributed by atoms with Crippen LogP contribution in [0.5, 0.6) is 0 Å². The Morgan fingerprint density at radius 1 is 1.08 bits per heavy atom. The minimum atomic E-state index is 0.175. The first kappa shape index (κ1) is 17.7. The van der Waals surface area contributed by atoms with Gasteiger partial charge < -0.3 is 9.80 Å². The molecule has 1 amide bonds. The number of anilines is 1. The molecule has 0 atom stereocenters. The lowest BCUT2D eigenvalue weighted by molar-refractivity contribution is -0.129. The van der Waals surface area contributed by atoms with Crippen molar-refractivity contribution in [2.75, 3.05) is 31.1 Å². The molecule has 2 aliphatic rings. The summed E-state index contributed by atoms with van der Waals surface area (Å²) in [6.07, 6.45) is 8.23. The number of hydrogen-bond donors (Lipinski definition) is 0. The van der Waals surface area contributed by atoms with E-state index < -0.39 is 0 Å². The number of aryl methyl sites for hydroxylation is 3. The summed E-state index contributed by atoms with van der Waals surface area (Å²) in [5, 5.41) is 1.31. The number of thiophene rings is 1. The first-order valence-electron chi connectivity index (χ1n) is 9.99. The van der Waals surface area contributed by atoms with Gasteiger partial charge in [0.2, 0.25) is 5.91 Å². The number of carbonyl (C=O) groups excluding carboxylic acids is 1. The average molecular weight is 373 g/mol. The molecule has 140 valence electrons. The molecule has 26 heavy (non-hydrogen) atoms. The van der Waals surface area contributed by atoms with Gasteiger partial charge in [-0.25, -0.2) is 9.97 Å². The Labute approximate surface area is 159 Å². The van der Waals surface area contributed by atoms with E-state index in [9.17, 15) is 4.79 Å². The Kier molecular flexibility index (Phi) is 5.11. The van der Waals surface area contributed by atoms with Crippen LogP contribution in [0.2, 0.25) is 0 Å². The third-order valence-corrected chi connectivity index (χ3v) is 6.78. The predicted molar refractivity (Wildman–Crippen MR) is 107 cm³/mol. The molecular formula is C20H28N4OS. The van der Waals surface area contributed by atoms with E-state index in [-0.39, 0.29) is 5.91 Å². The second kappa shape index (κ2) is 7.51. The number of aromatic nitrogens is 2. The number of carbonyl (C=O) groups is 1. The molecule has 0 radical (unpaired) electrons. The first-order valence-corrected chi connectivity index (χ1v) is 10.8. The third kappa shape index (κ3) is 3.31. The second-order valence-electron chi connectivity index (χ2n) is 7.45. The van der Waals surface area contributed by atoms with Crippen molar-refractivity contribution in [2.24, 2.45) is 0 Å². The maximum Gasteiger partial charge on any atom is 0.219 e. The summed E-state index contributed by atoms with van der Waals surface area (Å²) in [6.45, 7) is 7.15. The number of nitrogens with zero attached hydrogens (tertiary/aromatic N) is 4. The Hall–Kier alpha value is -1.69. The summed E-state index contributed by atoms with van der Waals surface area (Å²) in [7, 11) is 0. The highest BCUT2D eigenvalue weighted by Gasteiger charge is 2.26. The van der Waals surface area contributed by atoms with Gasteiger partial charge in [0.1, 0.15) is 16.5 Å². The van der Waals surface area contributed by atoms with Crippen LogP contribution >= 0.6 is 11.3 Å². The van der Waals surface area contributed by atoms with Crippen molar-refractivity contribution >= 4 is 33.3 Å². The maximum absolute atomic E-state index is 11.7. The summed E-state index contributed by atoms with van der Waals surface area (Å²) >= 11 is 1.89. The van der Waals surface area contributed by atoms with Gasteiger partial charge in [0.15, 0.2) is 0 Å². The van der Waals surface area contributed by atoms with Gasteiger partial charge in [-0.2, -0.15) is 0 Å². The van der Waals surface area contributed by atoms with E-state index in [1.165, 1.54) is 46.3 Å². The van der Waals surface area contributed by atoms with Gasteiger partial charge in [0, 0.05) is 44.4 Å². The van der Waals surface area contributed by atoms with Gasteiger partial charge in [-0.15, -0.1) is 11.3 Å². The molecule has 2 aromatic heterocycles. The molecular weight excluding hydrogens is 344 g/mol. The van der Waals surface area contributed by atoms with Gasteiger partial charge in [-0.1, -0.05) is 13.3 Å². The van der Waals surface area contributed by atoms with Crippen LogP contribution in [0, 0.1) is 0 Å². The first-order chi connectivity index (χ1) is 12.7. The van der Waals surface area contributed by atoms with Crippen molar-refractivity contribution in [3.8, 4) is 0 Å². The number of rotatable bonds is 3. The van der Waals surface area contributed by atoms with E-state index in [1.54, 1.807) is 6.92 Å². The van der Waals surface area contributed by atoms with Crippen LogP contribution in [-0.4, -0.2) is 47.0 Å². The summed E-state index contributed by atoms with van der Waals surface area (Å²) in [5.74, 6) is 2.27. The zero-order valence-corrected chi connectivity index (χ0v) is 16.7. The molecule has 2 aromatic rings. The van der Waals surface area contributed by atoms with Crippen LogP contribution in [0.15, 0.2) is 0 Å². The van der Waals surface area contributed by atoms with E-state index >= 15 is 0 Å². The lowest BCUT2D eigenvalue weighted by Gasteiger charge is -2.35. The molecule has 1 aliphatic heterocycles. The standard InChI is InChI=1S/C20H28N4OS/c1-3-7-17-21-19(24-12-10-23(11-13-24)14(2)25)18-15-8-5-4-6-9-16(15)26-20(18)22-17/h3-13H2,1-2H3. The normalized spacial score (nSPS) is 18.1. The quantitative estimate of drug-likeness (QED) is 0.773. The summed E-state index contributed by atoms with van der Waals surface area (Å²) < 4.78 is 0. The molecule has 0 aromatic carbocycles. The van der Waals surface area contributed by atoms with Crippen LogP contribution in [0.4, 0.5) is 5.82 Å². The van der Waals surface area contributed by atoms with Crippen molar-refractivity contribution in [2.45, 2.75) is 58.8 Å². The Balaban J connectivity index is 1.76. The van der Waals surface area contributed by atoms with Crippen LogP contribution in [0.3, 0.4) is 0 Å². The zero-order valence-electron chi connectivity index (χ0n) is 15.9. The molecule has 1 aliphatic carbocycles.